The van der Waals surface area contributed by atoms with E-state index in [9.17, 15) is 14.4 Å². The van der Waals surface area contributed by atoms with Crippen molar-refractivity contribution < 1.29 is 29.0 Å². The van der Waals surface area contributed by atoms with Crippen LogP contribution in [0.15, 0.2) is 0 Å². The van der Waals surface area contributed by atoms with E-state index in [1.807, 2.05) is 6.92 Å². The van der Waals surface area contributed by atoms with E-state index in [1.165, 1.54) is 0 Å². The molecule has 0 aromatic rings. The molecule has 8 nitrogen and oxygen atoms in total. The van der Waals surface area contributed by atoms with Crippen molar-refractivity contribution in [1.29, 1.82) is 0 Å². The Balaban J connectivity index is 2.22. The molecule has 8 heteroatoms. The molecule has 1 aliphatic rings. The van der Waals surface area contributed by atoms with Crippen LogP contribution in [0.5, 0.6) is 0 Å². The number of aliphatic carboxylic acids is 1. The Morgan fingerprint density at radius 2 is 2.11 bits per heavy atom. The Labute approximate surface area is 110 Å². The number of imide groups is 1. The Kier molecular flexibility index (Phi) is 6.23. The summed E-state index contributed by atoms with van der Waals surface area (Å²) >= 11 is 0. The van der Waals surface area contributed by atoms with E-state index in [1.54, 1.807) is 0 Å². The van der Waals surface area contributed by atoms with Crippen LogP contribution in [0.3, 0.4) is 0 Å². The molecule has 1 aliphatic heterocycles. The number of urea groups is 1. The first-order valence-corrected chi connectivity index (χ1v) is 5.96. The molecule has 0 aromatic carbocycles. The van der Waals surface area contributed by atoms with Gasteiger partial charge in [0.2, 0.25) is 0 Å². The van der Waals surface area contributed by atoms with Gasteiger partial charge >= 0.3 is 12.0 Å². The molecule has 1 heterocycles. The maximum Gasteiger partial charge on any atom is 0.329 e. The lowest BCUT2D eigenvalue weighted by molar-refractivity contribution is -0.143. The molecule has 108 valence electrons. The zero-order chi connectivity index (χ0) is 14.3. The van der Waals surface area contributed by atoms with Crippen LogP contribution >= 0.6 is 0 Å². The fourth-order valence-electron chi connectivity index (χ4n) is 1.69. The lowest BCUT2D eigenvalue weighted by atomic mass is 9.98. The second kappa shape index (κ2) is 7.70. The van der Waals surface area contributed by atoms with E-state index in [-0.39, 0.29) is 12.0 Å². The minimum absolute atomic E-state index is 0.0403. The smallest absolute Gasteiger partial charge is 0.329 e. The van der Waals surface area contributed by atoms with E-state index >= 15 is 0 Å². The highest BCUT2D eigenvalue weighted by atomic mass is 16.5. The fourth-order valence-corrected chi connectivity index (χ4v) is 1.69. The molecule has 1 fully saturated rings. The van der Waals surface area contributed by atoms with Gasteiger partial charge in [0, 0.05) is 12.6 Å². The summed E-state index contributed by atoms with van der Waals surface area (Å²) in [5, 5.41) is 13.1. The van der Waals surface area contributed by atoms with Gasteiger partial charge < -0.3 is 19.9 Å². The summed E-state index contributed by atoms with van der Waals surface area (Å²) in [4.78, 5) is 32.9. The van der Waals surface area contributed by atoms with E-state index in [0.29, 0.717) is 19.6 Å². The topological polar surface area (TPSA) is 114 Å². The zero-order valence-electron chi connectivity index (χ0n) is 10.7. The number of nitrogens with one attached hydrogen (secondary N) is 2. The van der Waals surface area contributed by atoms with Crippen molar-refractivity contribution in [3.05, 3.63) is 0 Å². The second-order valence-electron chi connectivity index (χ2n) is 4.36. The first kappa shape index (κ1) is 15.4. The van der Waals surface area contributed by atoms with Gasteiger partial charge in [0.25, 0.3) is 5.91 Å². The molecule has 0 aromatic heterocycles. The third kappa shape index (κ3) is 6.16. The monoisotopic (exact) mass is 274 g/mol. The van der Waals surface area contributed by atoms with Crippen LogP contribution in [-0.2, 0) is 19.1 Å². The first-order valence-electron chi connectivity index (χ1n) is 5.96. The van der Waals surface area contributed by atoms with Crippen molar-refractivity contribution in [3.8, 4) is 0 Å². The number of carboxylic acid groups (broad SMARTS) is 1. The minimum atomic E-state index is -1.17. The highest BCUT2D eigenvalue weighted by Gasteiger charge is 2.23. The van der Waals surface area contributed by atoms with Crippen molar-refractivity contribution in [2.75, 3.05) is 26.4 Å². The number of hydrogen-bond acceptors (Lipinski definition) is 5. The zero-order valence-corrected chi connectivity index (χ0v) is 10.7. The first-order chi connectivity index (χ1) is 8.99. The molecular weight excluding hydrogens is 256 g/mol. The third-order valence-corrected chi connectivity index (χ3v) is 2.67. The lowest BCUT2D eigenvalue weighted by Gasteiger charge is -2.29. The highest BCUT2D eigenvalue weighted by Crippen LogP contribution is 2.13. The number of carbonyl (C=O) groups excluding carboxylic acids is 2. The van der Waals surface area contributed by atoms with E-state index in [0.717, 1.165) is 0 Å². The predicted octanol–water partition coefficient (Wildman–Crippen LogP) is -0.662. The number of rotatable bonds is 5. The van der Waals surface area contributed by atoms with Crippen molar-refractivity contribution in [2.45, 2.75) is 19.4 Å². The van der Waals surface area contributed by atoms with Gasteiger partial charge in [0.15, 0.2) is 0 Å². The quantitative estimate of drug-likeness (QED) is 0.613. The summed E-state index contributed by atoms with van der Waals surface area (Å²) in [7, 11) is 0. The Morgan fingerprint density at radius 3 is 2.74 bits per heavy atom. The Bertz CT molecular complexity index is 346. The van der Waals surface area contributed by atoms with Gasteiger partial charge in [-0.05, 0) is 12.3 Å². The van der Waals surface area contributed by atoms with E-state index < -0.39 is 31.1 Å². The summed E-state index contributed by atoms with van der Waals surface area (Å²) < 4.78 is 9.79. The van der Waals surface area contributed by atoms with Crippen LogP contribution in [0.2, 0.25) is 0 Å². The summed E-state index contributed by atoms with van der Waals surface area (Å²) in [6, 6.07) is -0.649. The van der Waals surface area contributed by atoms with Crippen molar-refractivity contribution in [2.24, 2.45) is 5.92 Å². The fraction of sp³-hybridized carbons (Fsp3) is 0.727. The van der Waals surface area contributed by atoms with Crippen molar-refractivity contribution in [3.63, 3.8) is 0 Å². The van der Waals surface area contributed by atoms with Gasteiger partial charge in [-0.25, -0.2) is 9.59 Å². The van der Waals surface area contributed by atoms with Crippen molar-refractivity contribution >= 4 is 17.9 Å². The predicted molar refractivity (Wildman–Crippen MR) is 63.5 cm³/mol. The molecule has 19 heavy (non-hydrogen) atoms. The molecule has 0 bridgehead atoms. The standard InChI is InChI=1S/C11H18N2O6/c1-7-4-18-3-2-8(7)12-11(17)13-9(14)5-19-6-10(15)16/h7-8H,2-6H2,1H3,(H,15,16)(H2,12,13,14,17). The molecule has 0 saturated carbocycles. The number of amides is 3. The summed E-state index contributed by atoms with van der Waals surface area (Å²) in [5.74, 6) is -1.68. The number of ether oxygens (including phenoxy) is 2. The molecule has 3 amide bonds. The highest BCUT2D eigenvalue weighted by molar-refractivity contribution is 5.95. The van der Waals surface area contributed by atoms with Crippen LogP contribution in [0, 0.1) is 5.92 Å². The maximum absolute atomic E-state index is 11.5. The summed E-state index contributed by atoms with van der Waals surface area (Å²) in [5.41, 5.74) is 0. The van der Waals surface area contributed by atoms with Gasteiger partial charge in [-0.15, -0.1) is 0 Å². The normalized spacial score (nSPS) is 22.6. The molecule has 1 rings (SSSR count). The van der Waals surface area contributed by atoms with Gasteiger partial charge in [-0.3, -0.25) is 10.1 Å². The van der Waals surface area contributed by atoms with Crippen LogP contribution in [-0.4, -0.2) is 55.5 Å². The summed E-state index contributed by atoms with van der Waals surface area (Å²) in [6.45, 7) is 2.04. The average molecular weight is 274 g/mol. The van der Waals surface area contributed by atoms with E-state index in [4.69, 9.17) is 9.84 Å². The average Bonchev–Trinajstić information content (AvgIpc) is 2.31. The van der Waals surface area contributed by atoms with Gasteiger partial charge in [-0.1, -0.05) is 6.92 Å². The van der Waals surface area contributed by atoms with Crippen LogP contribution in [0.25, 0.3) is 0 Å². The molecule has 0 spiro atoms. The van der Waals surface area contributed by atoms with Crippen LogP contribution in [0.1, 0.15) is 13.3 Å². The molecule has 0 aliphatic carbocycles. The molecule has 1 saturated heterocycles. The number of hydrogen-bond donors (Lipinski definition) is 3. The maximum atomic E-state index is 11.5. The van der Waals surface area contributed by atoms with Gasteiger partial charge in [0.05, 0.1) is 6.61 Å². The number of carboxylic acids is 1. The molecule has 3 N–H and O–H groups in total. The largest absolute Gasteiger partial charge is 0.480 e. The molecular formula is C11H18N2O6. The number of carbonyl (C=O) groups is 3. The Morgan fingerprint density at radius 1 is 1.37 bits per heavy atom. The van der Waals surface area contributed by atoms with Crippen molar-refractivity contribution in [1.82, 2.24) is 10.6 Å². The SMILES string of the molecule is CC1COCCC1NC(=O)NC(=O)COCC(=O)O. The van der Waals surface area contributed by atoms with Crippen LogP contribution < -0.4 is 10.6 Å². The second-order valence-corrected chi connectivity index (χ2v) is 4.36. The Hall–Kier alpha value is -1.67. The van der Waals surface area contributed by atoms with Crippen LogP contribution in [0.4, 0.5) is 4.79 Å². The summed E-state index contributed by atoms with van der Waals surface area (Å²) in [6.07, 6.45) is 0.693. The third-order valence-electron chi connectivity index (χ3n) is 2.67. The van der Waals surface area contributed by atoms with E-state index in [2.05, 4.69) is 15.4 Å². The van der Waals surface area contributed by atoms with Gasteiger partial charge in [-0.2, -0.15) is 0 Å². The lowest BCUT2D eigenvalue weighted by Crippen LogP contribution is -2.50. The van der Waals surface area contributed by atoms with Gasteiger partial charge in [0.1, 0.15) is 13.2 Å². The molecule has 2 unspecified atom stereocenters. The minimum Gasteiger partial charge on any atom is -0.480 e. The molecule has 2 atom stereocenters. The molecule has 0 radical (unpaired) electrons.